The third-order valence-electron chi connectivity index (χ3n) is 2.92. The Morgan fingerprint density at radius 2 is 2.00 bits per heavy atom. The second-order valence-corrected chi connectivity index (χ2v) is 4.31. The summed E-state index contributed by atoms with van der Waals surface area (Å²) in [5.74, 6) is -1.25. The highest BCUT2D eigenvalue weighted by Gasteiger charge is 2.19. The van der Waals surface area contributed by atoms with Crippen molar-refractivity contribution in [3.63, 3.8) is 0 Å². The zero-order valence-electron chi connectivity index (χ0n) is 11.6. The summed E-state index contributed by atoms with van der Waals surface area (Å²) in [6.45, 7) is -0.196. The lowest BCUT2D eigenvalue weighted by Gasteiger charge is -2.09. The van der Waals surface area contributed by atoms with Crippen LogP contribution in [-0.2, 0) is 11.3 Å². The van der Waals surface area contributed by atoms with Gasteiger partial charge in [0.25, 0.3) is 0 Å². The monoisotopic (exact) mass is 305 g/mol. The molecule has 0 aliphatic heterocycles. The lowest BCUT2D eigenvalue weighted by molar-refractivity contribution is -0.385. The molecule has 0 unspecified atom stereocenters. The van der Waals surface area contributed by atoms with Crippen LogP contribution in [0, 0.1) is 15.9 Å². The van der Waals surface area contributed by atoms with Gasteiger partial charge in [0.2, 0.25) is 0 Å². The topological polar surface area (TPSA) is 78.7 Å². The van der Waals surface area contributed by atoms with E-state index in [4.69, 9.17) is 4.74 Å². The van der Waals surface area contributed by atoms with E-state index in [-0.39, 0.29) is 29.2 Å². The molecule has 0 aliphatic rings. The van der Waals surface area contributed by atoms with Gasteiger partial charge < -0.3 is 9.47 Å². The Labute approximate surface area is 125 Å². The van der Waals surface area contributed by atoms with Crippen molar-refractivity contribution < 1.29 is 23.6 Å². The minimum Gasteiger partial charge on any atom is -0.482 e. The Hall–Kier alpha value is -2.96. The van der Waals surface area contributed by atoms with Crippen molar-refractivity contribution in [2.45, 2.75) is 6.61 Å². The fraction of sp³-hybridized carbons (Fsp3) is 0.133. The SMILES string of the molecule is COC(=O)c1ccc([N+](=O)[O-])c(OCc2ccccc2F)c1. The van der Waals surface area contributed by atoms with E-state index < -0.39 is 16.7 Å². The molecule has 2 aromatic rings. The number of nitro benzene ring substituents is 1. The fourth-order valence-electron chi connectivity index (χ4n) is 1.80. The van der Waals surface area contributed by atoms with Gasteiger partial charge in [0.05, 0.1) is 17.6 Å². The second-order valence-electron chi connectivity index (χ2n) is 4.31. The number of methoxy groups -OCH3 is 1. The molecule has 0 aromatic heterocycles. The average molecular weight is 305 g/mol. The quantitative estimate of drug-likeness (QED) is 0.482. The molecule has 0 spiro atoms. The van der Waals surface area contributed by atoms with Gasteiger partial charge in [-0.25, -0.2) is 9.18 Å². The number of rotatable bonds is 5. The van der Waals surface area contributed by atoms with Gasteiger partial charge in [0.1, 0.15) is 12.4 Å². The number of ether oxygens (including phenoxy) is 2. The van der Waals surface area contributed by atoms with E-state index in [1.165, 1.54) is 37.4 Å². The van der Waals surface area contributed by atoms with Gasteiger partial charge >= 0.3 is 11.7 Å². The number of esters is 1. The van der Waals surface area contributed by atoms with Crippen molar-refractivity contribution >= 4 is 11.7 Å². The van der Waals surface area contributed by atoms with Gasteiger partial charge in [-0.15, -0.1) is 0 Å². The molecule has 114 valence electrons. The van der Waals surface area contributed by atoms with Crippen LogP contribution in [0.15, 0.2) is 42.5 Å². The highest BCUT2D eigenvalue weighted by atomic mass is 19.1. The summed E-state index contributed by atoms with van der Waals surface area (Å²) in [5, 5.41) is 11.0. The predicted octanol–water partition coefficient (Wildman–Crippen LogP) is 3.10. The first-order chi connectivity index (χ1) is 10.5. The Bertz CT molecular complexity index is 717. The molecule has 0 radical (unpaired) electrons. The maximum atomic E-state index is 13.5. The van der Waals surface area contributed by atoms with Crippen LogP contribution < -0.4 is 4.74 Å². The zero-order valence-corrected chi connectivity index (χ0v) is 11.6. The predicted molar refractivity (Wildman–Crippen MR) is 75.2 cm³/mol. The van der Waals surface area contributed by atoms with Crippen molar-refractivity contribution in [2.75, 3.05) is 7.11 Å². The van der Waals surface area contributed by atoms with Gasteiger partial charge in [0.15, 0.2) is 5.75 Å². The summed E-state index contributed by atoms with van der Waals surface area (Å²) in [6.07, 6.45) is 0. The van der Waals surface area contributed by atoms with Crippen molar-refractivity contribution in [3.8, 4) is 5.75 Å². The minimum absolute atomic E-state index is 0.108. The van der Waals surface area contributed by atoms with E-state index in [1.54, 1.807) is 6.07 Å². The van der Waals surface area contributed by atoms with Crippen molar-refractivity contribution in [1.29, 1.82) is 0 Å². The summed E-state index contributed by atoms with van der Waals surface area (Å²) in [4.78, 5) is 21.8. The Balaban J connectivity index is 2.29. The summed E-state index contributed by atoms with van der Waals surface area (Å²) in [5.41, 5.74) is 0.0425. The molecule has 0 atom stereocenters. The average Bonchev–Trinajstić information content (AvgIpc) is 2.53. The van der Waals surface area contributed by atoms with E-state index in [1.807, 2.05) is 0 Å². The zero-order chi connectivity index (χ0) is 16.1. The van der Waals surface area contributed by atoms with Crippen molar-refractivity contribution in [1.82, 2.24) is 0 Å². The number of benzene rings is 2. The largest absolute Gasteiger partial charge is 0.482 e. The molecule has 0 heterocycles. The minimum atomic E-state index is -0.648. The van der Waals surface area contributed by atoms with Gasteiger partial charge in [-0.3, -0.25) is 10.1 Å². The Morgan fingerprint density at radius 1 is 1.27 bits per heavy atom. The number of nitrogens with zero attached hydrogens (tertiary/aromatic N) is 1. The lowest BCUT2D eigenvalue weighted by atomic mass is 10.2. The van der Waals surface area contributed by atoms with Crippen LogP contribution in [0.4, 0.5) is 10.1 Å². The van der Waals surface area contributed by atoms with Gasteiger partial charge in [-0.05, 0) is 12.1 Å². The summed E-state index contributed by atoms with van der Waals surface area (Å²) >= 11 is 0. The van der Waals surface area contributed by atoms with Crippen molar-refractivity contribution in [3.05, 3.63) is 69.5 Å². The second kappa shape index (κ2) is 6.66. The molecule has 2 rings (SSSR count). The highest BCUT2D eigenvalue weighted by molar-refractivity contribution is 5.90. The summed E-state index contributed by atoms with van der Waals surface area (Å²) in [6, 6.07) is 9.52. The first kappa shape index (κ1) is 15.4. The Morgan fingerprint density at radius 3 is 2.64 bits per heavy atom. The van der Waals surface area contributed by atoms with E-state index >= 15 is 0 Å². The molecule has 6 nitrogen and oxygen atoms in total. The van der Waals surface area contributed by atoms with Crippen LogP contribution in [0.5, 0.6) is 5.75 Å². The fourth-order valence-corrected chi connectivity index (χ4v) is 1.80. The van der Waals surface area contributed by atoms with Gasteiger partial charge in [-0.2, -0.15) is 0 Å². The molecule has 0 amide bonds. The first-order valence-corrected chi connectivity index (χ1v) is 6.26. The number of carbonyl (C=O) groups excluding carboxylic acids is 1. The number of hydrogen-bond acceptors (Lipinski definition) is 5. The molecule has 0 aliphatic carbocycles. The van der Waals surface area contributed by atoms with Crippen LogP contribution >= 0.6 is 0 Å². The number of hydrogen-bond donors (Lipinski definition) is 0. The standard InChI is InChI=1S/C15H12FNO5/c1-21-15(18)10-6-7-13(17(19)20)14(8-10)22-9-11-4-2-3-5-12(11)16/h2-8H,9H2,1H3. The van der Waals surface area contributed by atoms with Crippen molar-refractivity contribution in [2.24, 2.45) is 0 Å². The van der Waals surface area contributed by atoms with Crippen LogP contribution in [0.1, 0.15) is 15.9 Å². The van der Waals surface area contributed by atoms with E-state index in [0.29, 0.717) is 0 Å². The molecule has 0 fully saturated rings. The molecular formula is C15H12FNO5. The lowest BCUT2D eigenvalue weighted by Crippen LogP contribution is -2.05. The summed E-state index contributed by atoms with van der Waals surface area (Å²) < 4.78 is 23.4. The highest BCUT2D eigenvalue weighted by Crippen LogP contribution is 2.29. The smallest absolute Gasteiger partial charge is 0.337 e. The van der Waals surface area contributed by atoms with E-state index in [9.17, 15) is 19.3 Å². The molecule has 22 heavy (non-hydrogen) atoms. The molecule has 0 N–H and O–H groups in total. The maximum absolute atomic E-state index is 13.5. The maximum Gasteiger partial charge on any atom is 0.337 e. The Kier molecular flexibility index (Phi) is 4.67. The molecule has 0 saturated carbocycles. The van der Waals surface area contributed by atoms with Crippen LogP contribution in [0.2, 0.25) is 0 Å². The number of halogens is 1. The van der Waals surface area contributed by atoms with E-state index in [0.717, 1.165) is 6.07 Å². The molecule has 0 saturated heterocycles. The van der Waals surface area contributed by atoms with E-state index in [2.05, 4.69) is 4.74 Å². The molecule has 0 bridgehead atoms. The van der Waals surface area contributed by atoms with Gasteiger partial charge in [0, 0.05) is 17.7 Å². The summed E-state index contributed by atoms with van der Waals surface area (Å²) in [7, 11) is 1.20. The molecule has 7 heteroatoms. The van der Waals surface area contributed by atoms with Crippen LogP contribution in [-0.4, -0.2) is 18.0 Å². The third kappa shape index (κ3) is 3.38. The molecular weight excluding hydrogens is 293 g/mol. The van der Waals surface area contributed by atoms with Gasteiger partial charge in [-0.1, -0.05) is 18.2 Å². The normalized spacial score (nSPS) is 10.1. The number of carbonyl (C=O) groups is 1. The van der Waals surface area contributed by atoms with Crippen LogP contribution in [0.3, 0.4) is 0 Å². The third-order valence-corrected chi connectivity index (χ3v) is 2.92. The van der Waals surface area contributed by atoms with Crippen LogP contribution in [0.25, 0.3) is 0 Å². The first-order valence-electron chi connectivity index (χ1n) is 6.26. The number of nitro groups is 1. The molecule has 2 aromatic carbocycles.